The first-order valence-corrected chi connectivity index (χ1v) is 10.6. The number of anilines is 2. The Morgan fingerprint density at radius 1 is 1.20 bits per heavy atom. The molecule has 0 aliphatic carbocycles. The second kappa shape index (κ2) is 8.48. The Labute approximate surface area is 180 Å². The van der Waals surface area contributed by atoms with Crippen LogP contribution >= 0.6 is 11.6 Å². The second-order valence-electron chi connectivity index (χ2n) is 8.02. The summed E-state index contributed by atoms with van der Waals surface area (Å²) in [7, 11) is 0. The third kappa shape index (κ3) is 4.19. The van der Waals surface area contributed by atoms with Crippen LogP contribution in [0.5, 0.6) is 0 Å². The summed E-state index contributed by atoms with van der Waals surface area (Å²) in [5.74, 6) is 1.07. The summed E-state index contributed by atoms with van der Waals surface area (Å²) in [4.78, 5) is 32.1. The van der Waals surface area contributed by atoms with Crippen LogP contribution in [0.2, 0.25) is 5.02 Å². The Hall–Kier alpha value is -2.86. The van der Waals surface area contributed by atoms with Gasteiger partial charge in [0.2, 0.25) is 5.91 Å². The Balaban J connectivity index is 1.65. The van der Waals surface area contributed by atoms with Crippen molar-refractivity contribution in [3.8, 4) is 0 Å². The monoisotopic (exact) mass is 424 g/mol. The van der Waals surface area contributed by atoms with Crippen molar-refractivity contribution >= 4 is 39.9 Å². The van der Waals surface area contributed by atoms with Gasteiger partial charge in [-0.2, -0.15) is 4.98 Å². The van der Waals surface area contributed by atoms with Crippen LogP contribution in [0.4, 0.5) is 11.5 Å². The minimum atomic E-state index is -0.424. The van der Waals surface area contributed by atoms with Gasteiger partial charge in [-0.3, -0.25) is 9.36 Å². The lowest BCUT2D eigenvalue weighted by atomic mass is 9.99. The van der Waals surface area contributed by atoms with E-state index in [-0.39, 0.29) is 12.5 Å². The van der Waals surface area contributed by atoms with Crippen LogP contribution in [0.1, 0.15) is 25.3 Å². The standard InChI is InChI=1S/C23H25ClN4O2/c1-15-9-11-27(12-10-15)22-17-5-3-4-6-20(17)28(23(30)26-22)14-21(29)25-19-8-7-16(2)13-18(19)24/h3-8,13,15H,9-12,14H2,1-2H3,(H,25,29). The van der Waals surface area contributed by atoms with E-state index in [0.29, 0.717) is 28.0 Å². The highest BCUT2D eigenvalue weighted by Gasteiger charge is 2.21. The van der Waals surface area contributed by atoms with Crippen molar-refractivity contribution < 1.29 is 4.79 Å². The van der Waals surface area contributed by atoms with E-state index >= 15 is 0 Å². The number of halogens is 1. The summed E-state index contributed by atoms with van der Waals surface area (Å²) in [5, 5.41) is 4.14. The SMILES string of the molecule is Cc1ccc(NC(=O)Cn2c(=O)nc(N3CCC(C)CC3)c3ccccc32)c(Cl)c1. The number of benzene rings is 2. The number of aromatic nitrogens is 2. The summed E-state index contributed by atoms with van der Waals surface area (Å²) in [5.41, 5.74) is 1.81. The number of rotatable bonds is 4. The number of para-hydroxylation sites is 1. The zero-order valence-electron chi connectivity index (χ0n) is 17.2. The molecule has 1 aliphatic rings. The molecule has 1 amide bonds. The van der Waals surface area contributed by atoms with Gasteiger partial charge in [0.1, 0.15) is 12.4 Å². The summed E-state index contributed by atoms with van der Waals surface area (Å²) in [6, 6.07) is 13.0. The predicted molar refractivity (Wildman–Crippen MR) is 121 cm³/mol. The fourth-order valence-corrected chi connectivity index (χ4v) is 4.16. The number of hydrogen-bond acceptors (Lipinski definition) is 4. The molecule has 7 heteroatoms. The number of amides is 1. The van der Waals surface area contributed by atoms with Crippen LogP contribution in [0.25, 0.3) is 10.9 Å². The molecular weight excluding hydrogens is 400 g/mol. The normalized spacial score (nSPS) is 14.8. The minimum Gasteiger partial charge on any atom is -0.356 e. The third-order valence-corrected chi connectivity index (χ3v) is 5.96. The molecular formula is C23H25ClN4O2. The van der Waals surface area contributed by atoms with Crippen molar-refractivity contribution in [2.45, 2.75) is 33.2 Å². The fourth-order valence-electron chi connectivity index (χ4n) is 3.88. The largest absolute Gasteiger partial charge is 0.356 e. The van der Waals surface area contributed by atoms with E-state index in [9.17, 15) is 9.59 Å². The number of carbonyl (C=O) groups is 1. The summed E-state index contributed by atoms with van der Waals surface area (Å²) >= 11 is 6.22. The summed E-state index contributed by atoms with van der Waals surface area (Å²) < 4.78 is 1.42. The summed E-state index contributed by atoms with van der Waals surface area (Å²) in [6.07, 6.45) is 2.16. The smallest absolute Gasteiger partial charge is 0.350 e. The Morgan fingerprint density at radius 2 is 1.93 bits per heavy atom. The van der Waals surface area contributed by atoms with Gasteiger partial charge in [-0.1, -0.05) is 36.7 Å². The van der Waals surface area contributed by atoms with Crippen molar-refractivity contribution in [1.29, 1.82) is 0 Å². The molecule has 0 unspecified atom stereocenters. The molecule has 0 atom stereocenters. The molecule has 1 aliphatic heterocycles. The molecule has 6 nitrogen and oxygen atoms in total. The van der Waals surface area contributed by atoms with Crippen molar-refractivity contribution in [2.24, 2.45) is 5.92 Å². The molecule has 0 saturated carbocycles. The van der Waals surface area contributed by atoms with E-state index in [1.54, 1.807) is 12.1 Å². The zero-order valence-corrected chi connectivity index (χ0v) is 17.9. The first kappa shape index (κ1) is 20.4. The first-order valence-electron chi connectivity index (χ1n) is 10.2. The van der Waals surface area contributed by atoms with Crippen molar-refractivity contribution in [2.75, 3.05) is 23.3 Å². The lowest BCUT2D eigenvalue weighted by Crippen LogP contribution is -2.37. The second-order valence-corrected chi connectivity index (χ2v) is 8.43. The van der Waals surface area contributed by atoms with E-state index < -0.39 is 5.69 Å². The van der Waals surface area contributed by atoms with Gasteiger partial charge >= 0.3 is 5.69 Å². The van der Waals surface area contributed by atoms with Crippen LogP contribution in [-0.2, 0) is 11.3 Å². The average Bonchev–Trinajstić information content (AvgIpc) is 2.73. The van der Waals surface area contributed by atoms with E-state index in [2.05, 4.69) is 22.1 Å². The topological polar surface area (TPSA) is 67.2 Å². The number of nitrogens with zero attached hydrogens (tertiary/aromatic N) is 3. The molecule has 1 fully saturated rings. The number of hydrogen-bond donors (Lipinski definition) is 1. The number of piperidine rings is 1. The number of nitrogens with one attached hydrogen (secondary N) is 1. The molecule has 4 rings (SSSR count). The van der Waals surface area contributed by atoms with Gasteiger partial charge in [-0.05, 0) is 55.5 Å². The fraction of sp³-hybridized carbons (Fsp3) is 0.348. The van der Waals surface area contributed by atoms with E-state index in [4.69, 9.17) is 11.6 Å². The molecule has 3 aromatic rings. The van der Waals surface area contributed by atoms with Gasteiger partial charge in [-0.25, -0.2) is 4.79 Å². The molecule has 0 bridgehead atoms. The molecule has 1 saturated heterocycles. The predicted octanol–water partition coefficient (Wildman–Crippen LogP) is 4.23. The maximum atomic E-state index is 12.9. The highest BCUT2D eigenvalue weighted by molar-refractivity contribution is 6.33. The minimum absolute atomic E-state index is 0.131. The number of carbonyl (C=O) groups excluding carboxylic acids is 1. The molecule has 30 heavy (non-hydrogen) atoms. The van der Waals surface area contributed by atoms with Crippen molar-refractivity contribution in [1.82, 2.24) is 9.55 Å². The highest BCUT2D eigenvalue weighted by Crippen LogP contribution is 2.27. The van der Waals surface area contributed by atoms with Crippen molar-refractivity contribution in [3.63, 3.8) is 0 Å². The van der Waals surface area contributed by atoms with Crippen LogP contribution in [0, 0.1) is 12.8 Å². The zero-order chi connectivity index (χ0) is 21.3. The van der Waals surface area contributed by atoms with Gasteiger partial charge < -0.3 is 10.2 Å². The Kier molecular flexibility index (Phi) is 5.77. The number of fused-ring (bicyclic) bond motifs is 1. The average molecular weight is 425 g/mol. The molecule has 2 heterocycles. The molecule has 2 aromatic carbocycles. The molecule has 0 radical (unpaired) electrons. The highest BCUT2D eigenvalue weighted by atomic mass is 35.5. The van der Waals surface area contributed by atoms with Crippen LogP contribution < -0.4 is 15.9 Å². The van der Waals surface area contributed by atoms with Gasteiger partial charge in [0.05, 0.1) is 16.2 Å². The Bertz CT molecular complexity index is 1150. The van der Waals surface area contributed by atoms with Gasteiger partial charge in [0.25, 0.3) is 0 Å². The Morgan fingerprint density at radius 3 is 2.67 bits per heavy atom. The quantitative estimate of drug-likeness (QED) is 0.680. The van der Waals surface area contributed by atoms with Gasteiger partial charge in [-0.15, -0.1) is 0 Å². The third-order valence-electron chi connectivity index (χ3n) is 5.65. The van der Waals surface area contributed by atoms with Crippen LogP contribution in [0.15, 0.2) is 47.3 Å². The van der Waals surface area contributed by atoms with Crippen LogP contribution in [0.3, 0.4) is 0 Å². The molecule has 0 spiro atoms. The van der Waals surface area contributed by atoms with Gasteiger partial charge in [0.15, 0.2) is 0 Å². The van der Waals surface area contributed by atoms with Gasteiger partial charge in [0, 0.05) is 18.5 Å². The van der Waals surface area contributed by atoms with Crippen LogP contribution in [-0.4, -0.2) is 28.5 Å². The molecule has 1 N–H and O–H groups in total. The lowest BCUT2D eigenvalue weighted by Gasteiger charge is -2.32. The molecule has 156 valence electrons. The van der Waals surface area contributed by atoms with E-state index in [0.717, 1.165) is 36.9 Å². The molecule has 1 aromatic heterocycles. The number of aryl methyl sites for hydroxylation is 1. The lowest BCUT2D eigenvalue weighted by molar-refractivity contribution is -0.116. The first-order chi connectivity index (χ1) is 14.4. The maximum absolute atomic E-state index is 12.9. The van der Waals surface area contributed by atoms with Crippen molar-refractivity contribution in [3.05, 3.63) is 63.5 Å². The van der Waals surface area contributed by atoms with E-state index in [1.807, 2.05) is 37.3 Å². The van der Waals surface area contributed by atoms with E-state index in [1.165, 1.54) is 4.57 Å². The summed E-state index contributed by atoms with van der Waals surface area (Å²) in [6.45, 7) is 5.81. The maximum Gasteiger partial charge on any atom is 0.350 e.